The Morgan fingerprint density at radius 2 is 0.849 bits per heavy atom. The van der Waals surface area contributed by atoms with Crippen LogP contribution in [0.3, 0.4) is 0 Å². The maximum Gasteiger partial charge on any atom is 0.220 e. The van der Waals surface area contributed by atoms with Gasteiger partial charge in [-0.15, -0.1) is 0 Å². The molecule has 0 spiro atoms. The number of nitrogens with one attached hydrogen (secondary N) is 1. The van der Waals surface area contributed by atoms with Crippen LogP contribution in [0.1, 0.15) is 194 Å². The summed E-state index contributed by atoms with van der Waals surface area (Å²) in [5, 5.41) is 119. The summed E-state index contributed by atoms with van der Waals surface area (Å²) < 4.78 is 34.1. The van der Waals surface area contributed by atoms with Crippen molar-refractivity contribution in [3.05, 3.63) is 12.2 Å². The molecule has 0 radical (unpaired) electrons. The van der Waals surface area contributed by atoms with Crippen molar-refractivity contribution in [2.24, 2.45) is 0 Å². The number of unbranched alkanes of at least 4 members (excludes halogenated alkanes) is 25. The third-order valence-electron chi connectivity index (χ3n) is 14.6. The number of allylic oxidation sites excluding steroid dienone is 1. The van der Waals surface area contributed by atoms with Gasteiger partial charge >= 0.3 is 0 Å². The van der Waals surface area contributed by atoms with E-state index in [2.05, 4.69) is 19.2 Å². The van der Waals surface area contributed by atoms with Gasteiger partial charge < -0.3 is 89.9 Å². The standard InChI is InChI=1S/C54H101NO18/c1-3-5-7-9-11-12-13-14-15-16-17-18-19-20-21-22-23-24-25-26-28-30-32-42(60)55-37(38(59)31-29-27-10-8-6-4-2)36-68-52-48(66)45(63)50(40(34-57)70-52)73-54-49(67)46(64)51(41(35-58)71-54)72-53-47(65)44(62)43(61)39(33-56)69-53/h29,31,37-41,43-54,56-59,61-67H,3-28,30,32-36H2,1-2H3,(H,55,60)/b31-29+. The van der Waals surface area contributed by atoms with Gasteiger partial charge in [-0.3, -0.25) is 4.79 Å². The van der Waals surface area contributed by atoms with Crippen molar-refractivity contribution >= 4 is 5.91 Å². The number of carbonyl (C=O) groups excluding carboxylic acids is 1. The highest BCUT2D eigenvalue weighted by atomic mass is 16.8. The van der Waals surface area contributed by atoms with Crippen molar-refractivity contribution < 1.29 is 89.4 Å². The first kappa shape index (κ1) is 65.8. The zero-order valence-corrected chi connectivity index (χ0v) is 44.4. The second kappa shape index (κ2) is 39.0. The Bertz CT molecular complexity index is 1400. The molecule has 0 aromatic rings. The summed E-state index contributed by atoms with van der Waals surface area (Å²) in [6, 6.07) is -0.963. The van der Waals surface area contributed by atoms with Crippen LogP contribution < -0.4 is 5.32 Å². The van der Waals surface area contributed by atoms with Crippen LogP contribution in [0.15, 0.2) is 12.2 Å². The molecule has 19 nitrogen and oxygen atoms in total. The first-order valence-corrected chi connectivity index (χ1v) is 28.4. The van der Waals surface area contributed by atoms with Gasteiger partial charge in [-0.1, -0.05) is 180 Å². The molecule has 3 rings (SSSR count). The van der Waals surface area contributed by atoms with Gasteiger partial charge in [-0.25, -0.2) is 0 Å². The second-order valence-corrected chi connectivity index (χ2v) is 20.8. The number of ether oxygens (including phenoxy) is 6. The molecule has 0 aliphatic carbocycles. The maximum absolute atomic E-state index is 13.2. The molecule has 12 N–H and O–H groups in total. The van der Waals surface area contributed by atoms with E-state index in [9.17, 15) is 61.0 Å². The lowest BCUT2D eigenvalue weighted by atomic mass is 9.96. The van der Waals surface area contributed by atoms with E-state index < -0.39 is 124 Å². The van der Waals surface area contributed by atoms with E-state index in [1.807, 2.05) is 6.08 Å². The van der Waals surface area contributed by atoms with Crippen LogP contribution in [0.4, 0.5) is 0 Å². The van der Waals surface area contributed by atoms with Crippen molar-refractivity contribution in [3.8, 4) is 0 Å². The lowest BCUT2D eigenvalue weighted by Crippen LogP contribution is -2.66. The Labute approximate surface area is 436 Å². The molecule has 1 amide bonds. The molecule has 430 valence electrons. The van der Waals surface area contributed by atoms with Crippen molar-refractivity contribution in [1.29, 1.82) is 0 Å². The minimum absolute atomic E-state index is 0.248. The van der Waals surface area contributed by atoms with E-state index in [1.165, 1.54) is 116 Å². The zero-order valence-electron chi connectivity index (χ0n) is 44.4. The van der Waals surface area contributed by atoms with Gasteiger partial charge in [-0.05, 0) is 19.3 Å². The van der Waals surface area contributed by atoms with Gasteiger partial charge in [0.25, 0.3) is 0 Å². The van der Waals surface area contributed by atoms with Crippen LogP contribution >= 0.6 is 0 Å². The molecular formula is C54H101NO18. The number of carbonyl (C=O) groups is 1. The Morgan fingerprint density at radius 1 is 0.479 bits per heavy atom. The van der Waals surface area contributed by atoms with Crippen LogP contribution in [-0.4, -0.2) is 193 Å². The zero-order chi connectivity index (χ0) is 53.4. The Hall–Kier alpha value is -1.47. The molecule has 0 aromatic carbocycles. The van der Waals surface area contributed by atoms with Crippen molar-refractivity contribution in [1.82, 2.24) is 5.32 Å². The van der Waals surface area contributed by atoms with Crippen LogP contribution in [-0.2, 0) is 33.2 Å². The van der Waals surface area contributed by atoms with E-state index in [1.54, 1.807) is 6.08 Å². The number of aliphatic hydroxyl groups is 11. The van der Waals surface area contributed by atoms with E-state index >= 15 is 0 Å². The van der Waals surface area contributed by atoms with Gasteiger partial charge in [0, 0.05) is 6.42 Å². The Kier molecular flexibility index (Phi) is 35.1. The van der Waals surface area contributed by atoms with Gasteiger partial charge in [0.05, 0.1) is 38.6 Å². The number of aliphatic hydroxyl groups excluding tert-OH is 11. The summed E-state index contributed by atoms with van der Waals surface area (Å²) in [6.07, 6.45) is 9.81. The fourth-order valence-corrected chi connectivity index (χ4v) is 9.84. The lowest BCUT2D eigenvalue weighted by molar-refractivity contribution is -0.379. The first-order valence-electron chi connectivity index (χ1n) is 28.4. The average Bonchev–Trinajstić information content (AvgIpc) is 3.39. The van der Waals surface area contributed by atoms with Gasteiger partial charge in [0.15, 0.2) is 18.9 Å². The number of rotatable bonds is 41. The molecule has 0 saturated carbocycles. The molecule has 3 heterocycles. The molecule has 17 unspecified atom stereocenters. The molecule has 3 fully saturated rings. The smallest absolute Gasteiger partial charge is 0.220 e. The van der Waals surface area contributed by atoms with Gasteiger partial charge in [0.1, 0.15) is 73.2 Å². The van der Waals surface area contributed by atoms with E-state index in [0.717, 1.165) is 51.4 Å². The van der Waals surface area contributed by atoms with Crippen molar-refractivity contribution in [2.75, 3.05) is 26.4 Å². The fraction of sp³-hybridized carbons (Fsp3) is 0.944. The predicted molar refractivity (Wildman–Crippen MR) is 273 cm³/mol. The molecule has 73 heavy (non-hydrogen) atoms. The predicted octanol–water partition coefficient (Wildman–Crippen LogP) is 3.82. The minimum Gasteiger partial charge on any atom is -0.394 e. The molecule has 17 atom stereocenters. The summed E-state index contributed by atoms with van der Waals surface area (Å²) in [4.78, 5) is 13.2. The highest BCUT2D eigenvalue weighted by Gasteiger charge is 2.53. The molecular weight excluding hydrogens is 951 g/mol. The van der Waals surface area contributed by atoms with E-state index in [4.69, 9.17) is 28.4 Å². The van der Waals surface area contributed by atoms with Crippen LogP contribution in [0.25, 0.3) is 0 Å². The van der Waals surface area contributed by atoms with Gasteiger partial charge in [0.2, 0.25) is 5.91 Å². The Balaban J connectivity index is 1.42. The number of hydrogen-bond donors (Lipinski definition) is 12. The molecule has 0 aromatic heterocycles. The summed E-state index contributed by atoms with van der Waals surface area (Å²) in [5.74, 6) is -0.278. The van der Waals surface area contributed by atoms with Gasteiger partial charge in [-0.2, -0.15) is 0 Å². The summed E-state index contributed by atoms with van der Waals surface area (Å²) in [5.41, 5.74) is 0. The quantitative estimate of drug-likeness (QED) is 0.0306. The summed E-state index contributed by atoms with van der Waals surface area (Å²) in [7, 11) is 0. The number of hydrogen-bond acceptors (Lipinski definition) is 18. The van der Waals surface area contributed by atoms with Crippen molar-refractivity contribution in [3.63, 3.8) is 0 Å². The normalized spacial score (nSPS) is 31.8. The third kappa shape index (κ3) is 24.0. The largest absolute Gasteiger partial charge is 0.394 e. The Morgan fingerprint density at radius 3 is 1.29 bits per heavy atom. The number of amides is 1. The molecule has 3 saturated heterocycles. The highest BCUT2D eigenvalue weighted by molar-refractivity contribution is 5.76. The highest BCUT2D eigenvalue weighted by Crippen LogP contribution is 2.33. The van der Waals surface area contributed by atoms with Crippen LogP contribution in [0.2, 0.25) is 0 Å². The minimum atomic E-state index is -1.97. The average molecular weight is 1050 g/mol. The fourth-order valence-electron chi connectivity index (χ4n) is 9.84. The maximum atomic E-state index is 13.2. The second-order valence-electron chi connectivity index (χ2n) is 20.8. The lowest BCUT2D eigenvalue weighted by Gasteiger charge is -2.48. The van der Waals surface area contributed by atoms with Crippen LogP contribution in [0.5, 0.6) is 0 Å². The monoisotopic (exact) mass is 1050 g/mol. The van der Waals surface area contributed by atoms with Crippen LogP contribution in [0, 0.1) is 0 Å². The first-order chi connectivity index (χ1) is 35.3. The topological polar surface area (TPSA) is 307 Å². The molecule has 0 bridgehead atoms. The summed E-state index contributed by atoms with van der Waals surface area (Å²) in [6.45, 7) is 1.63. The SMILES string of the molecule is CCCCCC/C=C/C(O)C(COC1OC(CO)C(OC2OC(CO)C(OC3OC(CO)C(O)C(O)C3O)C(O)C2O)C(O)C1O)NC(=O)CCCCCCCCCCCCCCCCCCCCCCCC. The molecule has 19 heteroatoms. The van der Waals surface area contributed by atoms with E-state index in [-0.39, 0.29) is 18.9 Å². The molecule has 3 aliphatic heterocycles. The van der Waals surface area contributed by atoms with Crippen molar-refractivity contribution in [2.45, 2.75) is 298 Å². The molecule has 3 aliphatic rings. The van der Waals surface area contributed by atoms with E-state index in [0.29, 0.717) is 6.42 Å². The third-order valence-corrected chi connectivity index (χ3v) is 14.6. The summed E-state index contributed by atoms with van der Waals surface area (Å²) >= 11 is 0.